The third-order valence-corrected chi connectivity index (χ3v) is 5.07. The van der Waals surface area contributed by atoms with Gasteiger partial charge in [0.1, 0.15) is 0 Å². The molecule has 9 heteroatoms. The number of methoxy groups -OCH3 is 3. The molecule has 0 aliphatic carbocycles. The zero-order valence-electron chi connectivity index (χ0n) is 17.2. The predicted molar refractivity (Wildman–Crippen MR) is 113 cm³/mol. The van der Waals surface area contributed by atoms with Crippen LogP contribution in [0.3, 0.4) is 0 Å². The lowest BCUT2D eigenvalue weighted by Gasteiger charge is -2.12. The average Bonchev–Trinajstić information content (AvgIpc) is 3.25. The zero-order chi connectivity index (χ0) is 21.5. The van der Waals surface area contributed by atoms with Crippen molar-refractivity contribution in [2.24, 2.45) is 0 Å². The van der Waals surface area contributed by atoms with Crippen LogP contribution in [0.5, 0.6) is 17.2 Å². The van der Waals surface area contributed by atoms with Crippen LogP contribution in [0, 0.1) is 6.92 Å². The Balaban J connectivity index is 1.61. The highest BCUT2D eigenvalue weighted by atomic mass is 32.2. The molecule has 8 nitrogen and oxygen atoms in total. The molecule has 0 saturated heterocycles. The maximum absolute atomic E-state index is 12.1. The Morgan fingerprint density at radius 2 is 1.70 bits per heavy atom. The number of rotatable bonds is 9. The van der Waals surface area contributed by atoms with E-state index in [1.165, 1.54) is 38.7 Å². The second-order valence-electron chi connectivity index (χ2n) is 6.34. The second-order valence-corrected chi connectivity index (χ2v) is 7.26. The number of benzene rings is 2. The molecular weight excluding hydrogens is 406 g/mol. The Kier molecular flexibility index (Phi) is 7.18. The van der Waals surface area contributed by atoms with Gasteiger partial charge in [0.2, 0.25) is 17.5 Å². The van der Waals surface area contributed by atoms with Crippen molar-refractivity contribution in [1.82, 2.24) is 15.5 Å². The first-order valence-corrected chi connectivity index (χ1v) is 10.1. The molecule has 0 fully saturated rings. The highest BCUT2D eigenvalue weighted by Gasteiger charge is 2.18. The highest BCUT2D eigenvalue weighted by Crippen LogP contribution is 2.41. The van der Waals surface area contributed by atoms with Gasteiger partial charge in [0.25, 0.3) is 5.22 Å². The predicted octanol–water partition coefficient (Wildman–Crippen LogP) is 3.48. The Labute approximate surface area is 178 Å². The fraction of sp³-hybridized carbons (Fsp3) is 0.286. The summed E-state index contributed by atoms with van der Waals surface area (Å²) in [5.41, 5.74) is 2.84. The van der Waals surface area contributed by atoms with E-state index in [9.17, 15) is 4.79 Å². The number of amides is 1. The van der Waals surface area contributed by atoms with Gasteiger partial charge >= 0.3 is 0 Å². The van der Waals surface area contributed by atoms with Crippen molar-refractivity contribution >= 4 is 17.7 Å². The Morgan fingerprint density at radius 1 is 1.03 bits per heavy atom. The molecule has 1 aromatic heterocycles. The molecule has 0 aliphatic rings. The summed E-state index contributed by atoms with van der Waals surface area (Å²) < 4.78 is 21.7. The van der Waals surface area contributed by atoms with E-state index in [4.69, 9.17) is 18.6 Å². The molecule has 0 atom stereocenters. The third-order valence-electron chi connectivity index (χ3n) is 4.26. The van der Waals surface area contributed by atoms with Gasteiger partial charge in [0.15, 0.2) is 11.5 Å². The minimum atomic E-state index is -0.117. The third kappa shape index (κ3) is 5.24. The van der Waals surface area contributed by atoms with E-state index < -0.39 is 0 Å². The van der Waals surface area contributed by atoms with Gasteiger partial charge in [-0.25, -0.2) is 0 Å². The van der Waals surface area contributed by atoms with Crippen LogP contribution in [0.15, 0.2) is 46.0 Å². The standard InChI is InChI=1S/C21H23N3O5S/c1-13-5-7-14(8-6-13)11-22-18(25)12-30-21-24-23-20(29-21)15-9-16(26-2)19(28-4)17(10-15)27-3/h5-10H,11-12H2,1-4H3,(H,22,25). The molecule has 0 saturated carbocycles. The van der Waals surface area contributed by atoms with Crippen molar-refractivity contribution < 1.29 is 23.4 Å². The molecule has 1 amide bonds. The first-order chi connectivity index (χ1) is 14.5. The Bertz CT molecular complexity index is 979. The lowest BCUT2D eigenvalue weighted by Crippen LogP contribution is -2.24. The molecule has 2 aromatic carbocycles. The van der Waals surface area contributed by atoms with Crippen molar-refractivity contribution in [1.29, 1.82) is 0 Å². The smallest absolute Gasteiger partial charge is 0.277 e. The minimum Gasteiger partial charge on any atom is -0.493 e. The molecule has 3 rings (SSSR count). The highest BCUT2D eigenvalue weighted by molar-refractivity contribution is 7.99. The van der Waals surface area contributed by atoms with Crippen LogP contribution in [0.2, 0.25) is 0 Å². The molecule has 1 N–H and O–H groups in total. The maximum atomic E-state index is 12.1. The number of hydrogen-bond acceptors (Lipinski definition) is 8. The quantitative estimate of drug-likeness (QED) is 0.517. The maximum Gasteiger partial charge on any atom is 0.277 e. The van der Waals surface area contributed by atoms with Gasteiger partial charge in [0.05, 0.1) is 27.1 Å². The number of aryl methyl sites for hydroxylation is 1. The molecule has 0 spiro atoms. The van der Waals surface area contributed by atoms with Crippen molar-refractivity contribution in [3.05, 3.63) is 47.5 Å². The molecule has 0 bridgehead atoms. The van der Waals surface area contributed by atoms with Gasteiger partial charge in [-0.2, -0.15) is 0 Å². The van der Waals surface area contributed by atoms with E-state index in [-0.39, 0.29) is 17.6 Å². The molecule has 3 aromatic rings. The molecule has 158 valence electrons. The van der Waals surface area contributed by atoms with Gasteiger partial charge < -0.3 is 23.9 Å². The molecule has 0 unspecified atom stereocenters. The van der Waals surface area contributed by atoms with E-state index in [0.29, 0.717) is 34.6 Å². The van der Waals surface area contributed by atoms with Gasteiger partial charge in [-0.05, 0) is 24.6 Å². The van der Waals surface area contributed by atoms with Crippen molar-refractivity contribution in [2.45, 2.75) is 18.7 Å². The van der Waals surface area contributed by atoms with Crippen LogP contribution in [0.1, 0.15) is 11.1 Å². The largest absolute Gasteiger partial charge is 0.493 e. The molecule has 0 aliphatic heterocycles. The zero-order valence-corrected chi connectivity index (χ0v) is 18.0. The van der Waals surface area contributed by atoms with Gasteiger partial charge in [-0.15, -0.1) is 10.2 Å². The number of carbonyl (C=O) groups excluding carboxylic acids is 1. The summed E-state index contributed by atoms with van der Waals surface area (Å²) >= 11 is 1.17. The van der Waals surface area contributed by atoms with Crippen LogP contribution in [0.25, 0.3) is 11.5 Å². The second kappa shape index (κ2) is 10.0. The molecule has 1 heterocycles. The minimum absolute atomic E-state index is 0.117. The number of nitrogens with zero attached hydrogens (tertiary/aromatic N) is 2. The van der Waals surface area contributed by atoms with E-state index in [1.807, 2.05) is 31.2 Å². The van der Waals surface area contributed by atoms with Crippen molar-refractivity contribution in [3.8, 4) is 28.7 Å². The van der Waals surface area contributed by atoms with Crippen LogP contribution >= 0.6 is 11.8 Å². The summed E-state index contributed by atoms with van der Waals surface area (Å²) in [6.07, 6.45) is 0. The Morgan fingerprint density at radius 3 is 2.30 bits per heavy atom. The van der Waals surface area contributed by atoms with Gasteiger partial charge in [0, 0.05) is 12.1 Å². The summed E-state index contributed by atoms with van der Waals surface area (Å²) in [7, 11) is 4.60. The van der Waals surface area contributed by atoms with Gasteiger partial charge in [-0.3, -0.25) is 4.79 Å². The number of thioether (sulfide) groups is 1. The lowest BCUT2D eigenvalue weighted by atomic mass is 10.1. The van der Waals surface area contributed by atoms with Crippen molar-refractivity contribution in [3.63, 3.8) is 0 Å². The van der Waals surface area contributed by atoms with Gasteiger partial charge in [-0.1, -0.05) is 41.6 Å². The lowest BCUT2D eigenvalue weighted by molar-refractivity contribution is -0.118. The summed E-state index contributed by atoms with van der Waals surface area (Å²) in [6.45, 7) is 2.50. The fourth-order valence-electron chi connectivity index (χ4n) is 2.67. The normalized spacial score (nSPS) is 10.5. The topological polar surface area (TPSA) is 95.7 Å². The van der Waals surface area contributed by atoms with Crippen LogP contribution < -0.4 is 19.5 Å². The number of ether oxygens (including phenoxy) is 3. The Hall–Kier alpha value is -3.20. The van der Waals surface area contributed by atoms with Crippen LogP contribution in [-0.2, 0) is 11.3 Å². The van der Waals surface area contributed by atoms with Crippen LogP contribution in [-0.4, -0.2) is 43.2 Å². The number of carbonyl (C=O) groups is 1. The summed E-state index contributed by atoms with van der Waals surface area (Å²) in [5.74, 6) is 1.78. The molecular formula is C21H23N3O5S. The van der Waals surface area contributed by atoms with E-state index in [0.717, 1.165) is 5.56 Å². The first kappa shape index (κ1) is 21.5. The number of aromatic nitrogens is 2. The average molecular weight is 429 g/mol. The van der Waals surface area contributed by atoms with E-state index in [1.54, 1.807) is 12.1 Å². The number of nitrogens with one attached hydrogen (secondary N) is 1. The molecule has 30 heavy (non-hydrogen) atoms. The van der Waals surface area contributed by atoms with Crippen LogP contribution in [0.4, 0.5) is 0 Å². The summed E-state index contributed by atoms with van der Waals surface area (Å²) in [6, 6.07) is 11.4. The monoisotopic (exact) mass is 429 g/mol. The summed E-state index contributed by atoms with van der Waals surface area (Å²) in [4.78, 5) is 12.1. The van der Waals surface area contributed by atoms with Crippen molar-refractivity contribution in [2.75, 3.05) is 27.1 Å². The SMILES string of the molecule is COc1cc(-c2nnc(SCC(=O)NCc3ccc(C)cc3)o2)cc(OC)c1OC. The summed E-state index contributed by atoms with van der Waals surface area (Å²) in [5, 5.41) is 11.2. The van der Waals surface area contributed by atoms with E-state index in [2.05, 4.69) is 15.5 Å². The molecule has 0 radical (unpaired) electrons. The number of hydrogen-bond donors (Lipinski definition) is 1. The fourth-order valence-corrected chi connectivity index (χ4v) is 3.27. The first-order valence-electron chi connectivity index (χ1n) is 9.13. The van der Waals surface area contributed by atoms with E-state index >= 15 is 0 Å².